The average molecular weight is 414 g/mol. The van der Waals surface area contributed by atoms with Gasteiger partial charge < -0.3 is 15.5 Å². The number of benzene rings is 1. The van der Waals surface area contributed by atoms with Crippen molar-refractivity contribution in [2.45, 2.75) is 13.0 Å². The Morgan fingerprint density at radius 1 is 1.27 bits per heavy atom. The highest BCUT2D eigenvalue weighted by Gasteiger charge is 2.16. The molecule has 6 heteroatoms. The van der Waals surface area contributed by atoms with Crippen molar-refractivity contribution in [2.24, 2.45) is 10.7 Å². The number of halogens is 1. The molecule has 0 saturated carbocycles. The molecule has 0 saturated heterocycles. The van der Waals surface area contributed by atoms with Gasteiger partial charge in [0.25, 0.3) is 0 Å². The van der Waals surface area contributed by atoms with Crippen LogP contribution in [0.4, 0.5) is 5.69 Å². The van der Waals surface area contributed by atoms with Gasteiger partial charge in [0.05, 0.1) is 18.8 Å². The molecule has 22 heavy (non-hydrogen) atoms. The van der Waals surface area contributed by atoms with E-state index < -0.39 is 0 Å². The third-order valence-electron chi connectivity index (χ3n) is 3.25. The Hall–Kier alpha value is -1.54. The Bertz CT molecular complexity index is 579. The lowest BCUT2D eigenvalue weighted by Crippen LogP contribution is -2.27. The van der Waals surface area contributed by atoms with Crippen LogP contribution in [0.2, 0.25) is 0 Å². The zero-order chi connectivity index (χ0) is 15.2. The highest BCUT2D eigenvalue weighted by molar-refractivity contribution is 14.0. The maximum atomic E-state index is 5.94. The van der Waals surface area contributed by atoms with Crippen molar-refractivity contribution in [3.05, 3.63) is 54.0 Å². The van der Waals surface area contributed by atoms with Crippen molar-refractivity contribution in [3.63, 3.8) is 0 Å². The number of likely N-dealkylation sites (N-methyl/N-ethyl adjacent to an activating group) is 1. The zero-order valence-electron chi connectivity index (χ0n) is 13.1. The maximum Gasteiger partial charge on any atom is 0.193 e. The number of aryl methyl sites for hydroxylation is 1. The molecule has 3 N–H and O–H groups in total. The van der Waals surface area contributed by atoms with Gasteiger partial charge in [-0.05, 0) is 45.3 Å². The zero-order valence-corrected chi connectivity index (χ0v) is 15.4. The third kappa shape index (κ3) is 5.34. The van der Waals surface area contributed by atoms with Crippen molar-refractivity contribution >= 4 is 35.6 Å². The minimum Gasteiger partial charge on any atom is -0.468 e. The highest BCUT2D eigenvalue weighted by atomic mass is 127. The quantitative estimate of drug-likeness (QED) is 0.448. The molecular formula is C16H23IN4O. The molecule has 0 aliphatic carbocycles. The van der Waals surface area contributed by atoms with Crippen LogP contribution in [-0.4, -0.2) is 31.5 Å². The Morgan fingerprint density at radius 2 is 1.95 bits per heavy atom. The fourth-order valence-corrected chi connectivity index (χ4v) is 2.00. The topological polar surface area (TPSA) is 66.8 Å². The Labute approximate surface area is 148 Å². The van der Waals surface area contributed by atoms with E-state index in [0.29, 0.717) is 12.5 Å². The SMILES string of the molecule is Cc1ccc(NC(N)=NCC(c2ccco2)N(C)C)cc1.I. The molecule has 0 amide bonds. The summed E-state index contributed by atoms with van der Waals surface area (Å²) >= 11 is 0. The van der Waals surface area contributed by atoms with Crippen LogP contribution in [0.1, 0.15) is 17.4 Å². The Kier molecular flexibility index (Phi) is 7.40. The normalized spacial score (nSPS) is 12.8. The summed E-state index contributed by atoms with van der Waals surface area (Å²) in [6, 6.07) is 11.9. The minimum atomic E-state index is 0. The largest absolute Gasteiger partial charge is 0.468 e. The van der Waals surface area contributed by atoms with Crippen LogP contribution in [-0.2, 0) is 0 Å². The van der Waals surface area contributed by atoms with Gasteiger partial charge in [-0.3, -0.25) is 9.89 Å². The monoisotopic (exact) mass is 414 g/mol. The lowest BCUT2D eigenvalue weighted by molar-refractivity contribution is 0.265. The number of anilines is 1. The summed E-state index contributed by atoms with van der Waals surface area (Å²) in [7, 11) is 3.98. The van der Waals surface area contributed by atoms with Crippen LogP contribution in [0.25, 0.3) is 0 Å². The van der Waals surface area contributed by atoms with Crippen molar-refractivity contribution in [3.8, 4) is 0 Å². The number of rotatable bonds is 5. The molecule has 1 heterocycles. The second-order valence-corrected chi connectivity index (χ2v) is 5.21. The Balaban J connectivity index is 0.00000242. The minimum absolute atomic E-state index is 0. The molecule has 0 aliphatic heterocycles. The summed E-state index contributed by atoms with van der Waals surface area (Å²) in [5, 5.41) is 3.09. The van der Waals surface area contributed by atoms with Gasteiger partial charge in [0.2, 0.25) is 0 Å². The van der Waals surface area contributed by atoms with Crippen LogP contribution < -0.4 is 11.1 Å². The predicted octanol–water partition coefficient (Wildman–Crippen LogP) is 3.24. The number of nitrogens with two attached hydrogens (primary N) is 1. The molecule has 0 radical (unpaired) electrons. The molecule has 2 aromatic rings. The van der Waals surface area contributed by atoms with Gasteiger partial charge in [-0.15, -0.1) is 24.0 Å². The van der Waals surface area contributed by atoms with Gasteiger partial charge >= 0.3 is 0 Å². The van der Waals surface area contributed by atoms with E-state index in [4.69, 9.17) is 10.2 Å². The van der Waals surface area contributed by atoms with E-state index in [1.807, 2.05) is 57.4 Å². The average Bonchev–Trinajstić information content (AvgIpc) is 2.95. The number of hydrogen-bond acceptors (Lipinski definition) is 3. The molecule has 120 valence electrons. The molecule has 1 atom stereocenters. The second-order valence-electron chi connectivity index (χ2n) is 5.21. The Morgan fingerprint density at radius 3 is 2.50 bits per heavy atom. The first-order chi connectivity index (χ1) is 10.1. The fourth-order valence-electron chi connectivity index (χ4n) is 2.00. The molecule has 0 aliphatic rings. The van der Waals surface area contributed by atoms with Crippen molar-refractivity contribution < 1.29 is 4.42 Å². The van der Waals surface area contributed by atoms with Crippen LogP contribution in [0, 0.1) is 6.92 Å². The molecule has 1 aromatic heterocycles. The number of aliphatic imine (C=N–C) groups is 1. The van der Waals surface area contributed by atoms with Crippen molar-refractivity contribution in [1.82, 2.24) is 4.90 Å². The number of nitrogens with one attached hydrogen (secondary N) is 1. The van der Waals surface area contributed by atoms with E-state index >= 15 is 0 Å². The third-order valence-corrected chi connectivity index (χ3v) is 3.25. The predicted molar refractivity (Wildman–Crippen MR) is 102 cm³/mol. The molecule has 2 rings (SSSR count). The van der Waals surface area contributed by atoms with Gasteiger partial charge in [-0.25, -0.2) is 0 Å². The van der Waals surface area contributed by atoms with Crippen LogP contribution in [0.15, 0.2) is 52.1 Å². The smallest absolute Gasteiger partial charge is 0.193 e. The summed E-state index contributed by atoms with van der Waals surface area (Å²) < 4.78 is 5.45. The van der Waals surface area contributed by atoms with Crippen LogP contribution in [0.3, 0.4) is 0 Å². The maximum absolute atomic E-state index is 5.94. The summed E-state index contributed by atoms with van der Waals surface area (Å²) in [5.41, 5.74) is 8.08. The molecule has 0 bridgehead atoms. The van der Waals surface area contributed by atoms with Gasteiger partial charge in [0, 0.05) is 5.69 Å². The lowest BCUT2D eigenvalue weighted by atomic mass is 10.2. The molecule has 1 aromatic carbocycles. The first-order valence-electron chi connectivity index (χ1n) is 6.89. The van der Waals surface area contributed by atoms with E-state index in [0.717, 1.165) is 11.4 Å². The molecular weight excluding hydrogens is 391 g/mol. The number of hydrogen-bond donors (Lipinski definition) is 2. The summed E-state index contributed by atoms with van der Waals surface area (Å²) in [6.07, 6.45) is 1.67. The van der Waals surface area contributed by atoms with Gasteiger partial charge in [-0.2, -0.15) is 0 Å². The molecule has 0 fully saturated rings. The van der Waals surface area contributed by atoms with E-state index in [9.17, 15) is 0 Å². The van der Waals surface area contributed by atoms with E-state index in [-0.39, 0.29) is 30.0 Å². The van der Waals surface area contributed by atoms with E-state index in [1.165, 1.54) is 5.56 Å². The molecule has 0 spiro atoms. The van der Waals surface area contributed by atoms with Crippen LogP contribution in [0.5, 0.6) is 0 Å². The molecule has 1 unspecified atom stereocenters. The summed E-state index contributed by atoms with van der Waals surface area (Å²) in [5.74, 6) is 1.28. The number of furan rings is 1. The van der Waals surface area contributed by atoms with Gasteiger partial charge in [0.1, 0.15) is 5.76 Å². The van der Waals surface area contributed by atoms with Crippen molar-refractivity contribution in [2.75, 3.05) is 26.0 Å². The summed E-state index contributed by atoms with van der Waals surface area (Å²) in [4.78, 5) is 6.46. The first kappa shape index (κ1) is 18.5. The lowest BCUT2D eigenvalue weighted by Gasteiger charge is -2.20. The van der Waals surface area contributed by atoms with Crippen molar-refractivity contribution in [1.29, 1.82) is 0 Å². The molecule has 5 nitrogen and oxygen atoms in total. The van der Waals surface area contributed by atoms with Crippen LogP contribution >= 0.6 is 24.0 Å². The highest BCUT2D eigenvalue weighted by Crippen LogP contribution is 2.18. The first-order valence-corrected chi connectivity index (χ1v) is 6.89. The van der Waals surface area contributed by atoms with E-state index in [2.05, 4.69) is 15.2 Å². The summed E-state index contributed by atoms with van der Waals surface area (Å²) in [6.45, 7) is 2.58. The fraction of sp³-hybridized carbons (Fsp3) is 0.312. The number of guanidine groups is 1. The van der Waals surface area contributed by atoms with E-state index in [1.54, 1.807) is 6.26 Å². The van der Waals surface area contributed by atoms with Gasteiger partial charge in [0.15, 0.2) is 5.96 Å². The second kappa shape index (κ2) is 8.79. The van der Waals surface area contributed by atoms with Gasteiger partial charge in [-0.1, -0.05) is 17.7 Å². The number of nitrogens with zero attached hydrogens (tertiary/aromatic N) is 2. The standard InChI is InChI=1S/C16H22N4O.HI/c1-12-6-8-13(9-7-12)19-16(17)18-11-14(20(2)3)15-5-4-10-21-15;/h4-10,14H,11H2,1-3H3,(H3,17,18,19);1H.